The van der Waals surface area contributed by atoms with Crippen LogP contribution in [-0.2, 0) is 10.0 Å². The Morgan fingerprint density at radius 2 is 1.72 bits per heavy atom. The van der Waals surface area contributed by atoms with Crippen molar-refractivity contribution in [1.29, 1.82) is 0 Å². The lowest BCUT2D eigenvalue weighted by atomic mass is 9.74. The first-order valence-corrected chi connectivity index (χ1v) is 12.2. The molecule has 0 amide bonds. The van der Waals surface area contributed by atoms with Crippen molar-refractivity contribution in [2.75, 3.05) is 32.5 Å². The molecule has 0 spiro atoms. The van der Waals surface area contributed by atoms with Gasteiger partial charge >= 0.3 is 0 Å². The molecule has 0 aromatic heterocycles. The monoisotopic (exact) mass is 414 g/mol. The summed E-state index contributed by atoms with van der Waals surface area (Å²) < 4.78 is 26.0. The second-order valence-corrected chi connectivity index (χ2v) is 10.3. The number of hydrogen-bond acceptors (Lipinski definition) is 4. The number of nitrogens with zero attached hydrogens (tertiary/aromatic N) is 2. The van der Waals surface area contributed by atoms with Gasteiger partial charge in [-0.2, -0.15) is 0 Å². The largest absolute Gasteiger partial charge is 0.395 e. The first-order chi connectivity index (χ1) is 13.9. The lowest BCUT2D eigenvalue weighted by Gasteiger charge is -2.57. The molecule has 1 N–H and O–H groups in total. The highest BCUT2D eigenvalue weighted by Gasteiger charge is 2.49. The van der Waals surface area contributed by atoms with Gasteiger partial charge in [-0.25, -0.2) is 12.7 Å². The van der Waals surface area contributed by atoms with Crippen LogP contribution in [0.25, 0.3) is 11.1 Å². The summed E-state index contributed by atoms with van der Waals surface area (Å²) in [6.07, 6.45) is 3.12. The van der Waals surface area contributed by atoms with Gasteiger partial charge < -0.3 is 5.11 Å². The Kier molecular flexibility index (Phi) is 5.80. The van der Waals surface area contributed by atoms with Gasteiger partial charge in [0.2, 0.25) is 10.0 Å². The van der Waals surface area contributed by atoms with E-state index in [1.807, 2.05) is 6.07 Å². The van der Waals surface area contributed by atoms with Gasteiger partial charge in [-0.1, -0.05) is 48.5 Å². The molecular weight excluding hydrogens is 384 g/mol. The van der Waals surface area contributed by atoms with Gasteiger partial charge in [-0.3, -0.25) is 4.90 Å². The fourth-order valence-corrected chi connectivity index (χ4v) is 5.88. The van der Waals surface area contributed by atoms with E-state index in [-0.39, 0.29) is 24.6 Å². The first kappa shape index (κ1) is 20.5. The van der Waals surface area contributed by atoms with Crippen LogP contribution >= 0.6 is 0 Å². The number of aryl methyl sites for hydroxylation is 1. The Hall–Kier alpha value is -1.73. The SMILES string of the molecule is Cc1ccccc1-c1ccc([C@H]2[C@@H](CO)N3CCCCN(S(C)(=O)=O)C[C@H]23)cc1. The number of benzene rings is 2. The number of aliphatic hydroxyl groups excluding tert-OH is 1. The van der Waals surface area contributed by atoms with Crippen molar-refractivity contribution < 1.29 is 13.5 Å². The Bertz CT molecular complexity index is 958. The fourth-order valence-electron chi connectivity index (χ4n) is 4.99. The molecule has 2 aliphatic heterocycles. The smallest absolute Gasteiger partial charge is 0.211 e. The number of sulfonamides is 1. The number of fused-ring (bicyclic) bond motifs is 1. The molecule has 2 saturated heterocycles. The Morgan fingerprint density at radius 1 is 1.03 bits per heavy atom. The molecule has 2 aromatic carbocycles. The third-order valence-electron chi connectivity index (χ3n) is 6.55. The minimum absolute atomic E-state index is 0.0591. The molecule has 2 aromatic rings. The molecule has 0 bridgehead atoms. The van der Waals surface area contributed by atoms with Crippen molar-refractivity contribution >= 4 is 10.0 Å². The third-order valence-corrected chi connectivity index (χ3v) is 7.82. The van der Waals surface area contributed by atoms with E-state index in [1.54, 1.807) is 4.31 Å². The number of rotatable bonds is 4. The van der Waals surface area contributed by atoms with Gasteiger partial charge in [0, 0.05) is 31.1 Å². The van der Waals surface area contributed by atoms with Crippen LogP contribution < -0.4 is 0 Å². The summed E-state index contributed by atoms with van der Waals surface area (Å²) >= 11 is 0. The molecule has 2 fully saturated rings. The Labute approximate surface area is 174 Å². The lowest BCUT2D eigenvalue weighted by molar-refractivity contribution is -0.0553. The Morgan fingerprint density at radius 3 is 2.38 bits per heavy atom. The van der Waals surface area contributed by atoms with Crippen LogP contribution in [0.2, 0.25) is 0 Å². The first-order valence-electron chi connectivity index (χ1n) is 10.4. The maximum Gasteiger partial charge on any atom is 0.211 e. The maximum absolute atomic E-state index is 12.2. The number of hydrogen-bond donors (Lipinski definition) is 1. The summed E-state index contributed by atoms with van der Waals surface area (Å²) in [7, 11) is -3.22. The van der Waals surface area contributed by atoms with E-state index in [0.717, 1.165) is 19.4 Å². The molecule has 4 rings (SSSR count). The van der Waals surface area contributed by atoms with Crippen molar-refractivity contribution in [3.8, 4) is 11.1 Å². The molecule has 29 heavy (non-hydrogen) atoms. The Balaban J connectivity index is 1.61. The fraction of sp³-hybridized carbons (Fsp3) is 0.478. The second-order valence-electron chi connectivity index (χ2n) is 8.35. The topological polar surface area (TPSA) is 60.9 Å². The lowest BCUT2D eigenvalue weighted by Crippen LogP contribution is -2.67. The highest BCUT2D eigenvalue weighted by atomic mass is 32.2. The van der Waals surface area contributed by atoms with Crippen molar-refractivity contribution in [3.05, 3.63) is 59.7 Å². The second kappa shape index (κ2) is 8.19. The van der Waals surface area contributed by atoms with Crippen LogP contribution in [0, 0.1) is 6.92 Å². The summed E-state index contributed by atoms with van der Waals surface area (Å²) in [5, 5.41) is 10.0. The summed E-state index contributed by atoms with van der Waals surface area (Å²) in [4.78, 5) is 2.30. The van der Waals surface area contributed by atoms with Crippen LogP contribution in [0.3, 0.4) is 0 Å². The van der Waals surface area contributed by atoms with Crippen LogP contribution in [0.4, 0.5) is 0 Å². The van der Waals surface area contributed by atoms with E-state index in [9.17, 15) is 13.5 Å². The van der Waals surface area contributed by atoms with Crippen molar-refractivity contribution in [2.45, 2.75) is 37.8 Å². The predicted octanol–water partition coefficient (Wildman–Crippen LogP) is 2.85. The van der Waals surface area contributed by atoms with Crippen molar-refractivity contribution in [2.24, 2.45) is 0 Å². The van der Waals surface area contributed by atoms with Gasteiger partial charge in [0.05, 0.1) is 12.9 Å². The van der Waals surface area contributed by atoms with E-state index in [0.29, 0.717) is 13.1 Å². The predicted molar refractivity (Wildman–Crippen MR) is 116 cm³/mol. The average molecular weight is 415 g/mol. The average Bonchev–Trinajstić information content (AvgIpc) is 2.67. The normalized spacial score (nSPS) is 26.2. The summed E-state index contributed by atoms with van der Waals surface area (Å²) in [5.41, 5.74) is 4.82. The summed E-state index contributed by atoms with van der Waals surface area (Å²) in [5.74, 6) is 0.147. The number of aliphatic hydroxyl groups is 1. The van der Waals surface area contributed by atoms with Crippen LogP contribution in [0.5, 0.6) is 0 Å². The molecule has 156 valence electrons. The molecule has 6 heteroatoms. The zero-order valence-electron chi connectivity index (χ0n) is 17.2. The minimum Gasteiger partial charge on any atom is -0.395 e. The molecule has 5 nitrogen and oxygen atoms in total. The molecule has 2 heterocycles. The van der Waals surface area contributed by atoms with Crippen molar-refractivity contribution in [3.63, 3.8) is 0 Å². The highest BCUT2D eigenvalue weighted by molar-refractivity contribution is 7.88. The van der Waals surface area contributed by atoms with Crippen LogP contribution in [0.1, 0.15) is 29.9 Å². The maximum atomic E-state index is 12.2. The molecular formula is C23H30N2O3S. The molecule has 0 radical (unpaired) electrons. The van der Waals surface area contributed by atoms with E-state index in [2.05, 4.69) is 54.3 Å². The molecule has 3 atom stereocenters. The zero-order chi connectivity index (χ0) is 20.6. The van der Waals surface area contributed by atoms with E-state index >= 15 is 0 Å². The van der Waals surface area contributed by atoms with Gasteiger partial charge in [-0.15, -0.1) is 0 Å². The van der Waals surface area contributed by atoms with Crippen LogP contribution in [-0.4, -0.2) is 67.3 Å². The molecule has 0 aliphatic carbocycles. The zero-order valence-corrected chi connectivity index (χ0v) is 18.0. The summed E-state index contributed by atoms with van der Waals surface area (Å²) in [6.45, 7) is 4.22. The van der Waals surface area contributed by atoms with Gasteiger partial charge in [0.25, 0.3) is 0 Å². The van der Waals surface area contributed by atoms with Gasteiger partial charge in [0.15, 0.2) is 0 Å². The van der Waals surface area contributed by atoms with E-state index < -0.39 is 10.0 Å². The summed E-state index contributed by atoms with van der Waals surface area (Å²) in [6, 6.07) is 17.1. The van der Waals surface area contributed by atoms with E-state index in [4.69, 9.17) is 0 Å². The van der Waals surface area contributed by atoms with Gasteiger partial charge in [-0.05, 0) is 48.6 Å². The molecule has 0 saturated carbocycles. The highest BCUT2D eigenvalue weighted by Crippen LogP contribution is 2.42. The van der Waals surface area contributed by atoms with E-state index in [1.165, 1.54) is 28.5 Å². The van der Waals surface area contributed by atoms with Crippen LogP contribution in [0.15, 0.2) is 48.5 Å². The third kappa shape index (κ3) is 3.99. The standard InChI is InChI=1S/C23H30N2O3S/c1-17-7-3-4-8-20(17)18-9-11-19(12-10-18)23-21-15-24(29(2,27)28)13-5-6-14-25(21)22(23)16-26/h3-4,7-12,21-23,26H,5-6,13-16H2,1-2H3/t21-,22-,23-/m1/s1. The van der Waals surface area contributed by atoms with Gasteiger partial charge in [0.1, 0.15) is 0 Å². The molecule has 0 unspecified atom stereocenters. The van der Waals surface area contributed by atoms with Crippen molar-refractivity contribution in [1.82, 2.24) is 9.21 Å². The minimum atomic E-state index is -3.22. The quantitative estimate of drug-likeness (QED) is 0.836. The molecule has 2 aliphatic rings.